The molecule has 1 aromatic rings. The molecule has 1 amide bonds. The number of carbonyl (C=O) groups is 2. The fraction of sp³-hybridized carbons (Fsp3) is 0.273. The maximum Gasteiger partial charge on any atom is 0.231 e. The van der Waals surface area contributed by atoms with Crippen molar-refractivity contribution in [2.24, 2.45) is 0 Å². The molecular formula is C11H11NO5. The average molecular weight is 237 g/mol. The van der Waals surface area contributed by atoms with Crippen LogP contribution in [0.1, 0.15) is 17.3 Å². The highest BCUT2D eigenvalue weighted by atomic mass is 16.7. The van der Waals surface area contributed by atoms with Gasteiger partial charge in [-0.1, -0.05) is 0 Å². The van der Waals surface area contributed by atoms with Crippen LogP contribution in [-0.2, 0) is 4.79 Å². The molecule has 0 fully saturated rings. The number of anilines is 1. The maximum atomic E-state index is 11.1. The van der Waals surface area contributed by atoms with Crippen molar-refractivity contribution in [3.63, 3.8) is 0 Å². The van der Waals surface area contributed by atoms with Crippen LogP contribution in [0.2, 0.25) is 0 Å². The summed E-state index contributed by atoms with van der Waals surface area (Å²) in [7, 11) is 1.41. The van der Waals surface area contributed by atoms with Gasteiger partial charge in [0.15, 0.2) is 23.5 Å². The molecule has 1 aromatic carbocycles. The highest BCUT2D eigenvalue weighted by molar-refractivity contribution is 5.96. The second kappa shape index (κ2) is 4.32. The van der Waals surface area contributed by atoms with Crippen LogP contribution >= 0.6 is 0 Å². The number of ether oxygens (including phenoxy) is 3. The summed E-state index contributed by atoms with van der Waals surface area (Å²) in [5.74, 6) is 0.751. The second-order valence-electron chi connectivity index (χ2n) is 3.40. The number of methoxy groups -OCH3 is 1. The van der Waals surface area contributed by atoms with Crippen molar-refractivity contribution in [2.75, 3.05) is 19.2 Å². The Morgan fingerprint density at radius 2 is 2.29 bits per heavy atom. The summed E-state index contributed by atoms with van der Waals surface area (Å²) in [6.07, 6.45) is 0.609. The van der Waals surface area contributed by atoms with Gasteiger partial charge in [-0.15, -0.1) is 0 Å². The number of aldehydes is 1. The van der Waals surface area contributed by atoms with Gasteiger partial charge in [-0.25, -0.2) is 0 Å². The van der Waals surface area contributed by atoms with Crippen molar-refractivity contribution in [2.45, 2.75) is 6.92 Å². The van der Waals surface area contributed by atoms with Crippen molar-refractivity contribution in [1.82, 2.24) is 0 Å². The molecule has 0 atom stereocenters. The lowest BCUT2D eigenvalue weighted by atomic mass is 10.1. The van der Waals surface area contributed by atoms with E-state index in [1.165, 1.54) is 14.0 Å². The quantitative estimate of drug-likeness (QED) is 0.799. The maximum absolute atomic E-state index is 11.1. The van der Waals surface area contributed by atoms with Crippen molar-refractivity contribution in [1.29, 1.82) is 0 Å². The largest absolute Gasteiger partial charge is 0.494 e. The minimum atomic E-state index is -0.265. The first-order chi connectivity index (χ1) is 8.17. The molecule has 2 rings (SSSR count). The molecule has 0 saturated carbocycles. The minimum Gasteiger partial charge on any atom is -0.494 e. The summed E-state index contributed by atoms with van der Waals surface area (Å²) in [5, 5.41) is 2.57. The van der Waals surface area contributed by atoms with Gasteiger partial charge in [0.05, 0.1) is 12.8 Å². The molecule has 0 aromatic heterocycles. The predicted molar refractivity (Wildman–Crippen MR) is 58.8 cm³/mol. The molecule has 1 heterocycles. The summed E-state index contributed by atoms with van der Waals surface area (Å²) in [5.41, 5.74) is 0.609. The second-order valence-corrected chi connectivity index (χ2v) is 3.40. The Labute approximate surface area is 97.5 Å². The lowest BCUT2D eigenvalue weighted by molar-refractivity contribution is -0.114. The Morgan fingerprint density at radius 1 is 1.53 bits per heavy atom. The molecule has 0 saturated heterocycles. The Morgan fingerprint density at radius 3 is 2.88 bits per heavy atom. The van der Waals surface area contributed by atoms with Gasteiger partial charge in [-0.2, -0.15) is 0 Å². The lowest BCUT2D eigenvalue weighted by Gasteiger charge is -2.12. The Balaban J connectivity index is 2.59. The third-order valence-electron chi connectivity index (χ3n) is 2.28. The third-order valence-corrected chi connectivity index (χ3v) is 2.28. The number of carbonyl (C=O) groups excluding carboxylic acids is 2. The van der Waals surface area contributed by atoms with E-state index in [0.29, 0.717) is 23.5 Å². The first-order valence-corrected chi connectivity index (χ1v) is 4.90. The summed E-state index contributed by atoms with van der Waals surface area (Å²) >= 11 is 0. The Hall–Kier alpha value is -2.24. The van der Waals surface area contributed by atoms with E-state index in [0.717, 1.165) is 0 Å². The zero-order valence-electron chi connectivity index (χ0n) is 9.40. The van der Waals surface area contributed by atoms with Crippen molar-refractivity contribution in [3.05, 3.63) is 11.6 Å². The smallest absolute Gasteiger partial charge is 0.231 e. The average Bonchev–Trinajstić information content (AvgIpc) is 2.73. The van der Waals surface area contributed by atoms with Gasteiger partial charge in [0.1, 0.15) is 5.56 Å². The predicted octanol–water partition coefficient (Wildman–Crippen LogP) is 1.19. The topological polar surface area (TPSA) is 73.9 Å². The SMILES string of the molecule is COc1c(NC(C)=O)cc2c(c1C=O)OCO2. The lowest BCUT2D eigenvalue weighted by Crippen LogP contribution is -2.08. The van der Waals surface area contributed by atoms with Crippen LogP contribution in [0.15, 0.2) is 6.07 Å². The van der Waals surface area contributed by atoms with Gasteiger partial charge in [-0.3, -0.25) is 9.59 Å². The van der Waals surface area contributed by atoms with Gasteiger partial charge in [-0.05, 0) is 0 Å². The van der Waals surface area contributed by atoms with E-state index in [1.54, 1.807) is 6.07 Å². The third kappa shape index (κ3) is 1.89. The fourth-order valence-electron chi connectivity index (χ4n) is 1.66. The summed E-state index contributed by atoms with van der Waals surface area (Å²) in [6.45, 7) is 1.41. The van der Waals surface area contributed by atoms with Gasteiger partial charge < -0.3 is 19.5 Å². The normalized spacial score (nSPS) is 12.1. The van der Waals surface area contributed by atoms with Crippen molar-refractivity contribution >= 4 is 17.9 Å². The molecule has 17 heavy (non-hydrogen) atoms. The van der Waals surface area contributed by atoms with E-state index < -0.39 is 0 Å². The number of nitrogens with one attached hydrogen (secondary N) is 1. The zero-order valence-corrected chi connectivity index (χ0v) is 9.40. The fourth-order valence-corrected chi connectivity index (χ4v) is 1.66. The number of benzene rings is 1. The van der Waals surface area contributed by atoms with Crippen LogP contribution in [0.25, 0.3) is 0 Å². The highest BCUT2D eigenvalue weighted by Crippen LogP contribution is 2.44. The highest BCUT2D eigenvalue weighted by Gasteiger charge is 2.25. The molecule has 0 radical (unpaired) electrons. The summed E-state index contributed by atoms with van der Waals surface area (Å²) in [4.78, 5) is 22.1. The number of hydrogen-bond acceptors (Lipinski definition) is 5. The van der Waals surface area contributed by atoms with E-state index in [9.17, 15) is 9.59 Å². The van der Waals surface area contributed by atoms with Crippen LogP contribution < -0.4 is 19.5 Å². The van der Waals surface area contributed by atoms with Crippen LogP contribution in [0.4, 0.5) is 5.69 Å². The molecule has 90 valence electrons. The number of rotatable bonds is 3. The monoisotopic (exact) mass is 237 g/mol. The molecule has 0 spiro atoms. The van der Waals surface area contributed by atoms with E-state index in [-0.39, 0.29) is 24.0 Å². The Bertz CT molecular complexity index is 483. The summed E-state index contributed by atoms with van der Waals surface area (Å²) < 4.78 is 15.5. The molecule has 0 aliphatic carbocycles. The van der Waals surface area contributed by atoms with E-state index >= 15 is 0 Å². The standard InChI is InChI=1S/C11H11NO5/c1-6(14)12-8-3-9-11(17-5-16-9)7(4-13)10(8)15-2/h3-4H,5H2,1-2H3,(H,12,14). The first kappa shape index (κ1) is 11.3. The van der Waals surface area contributed by atoms with E-state index in [4.69, 9.17) is 14.2 Å². The van der Waals surface area contributed by atoms with Gasteiger partial charge in [0, 0.05) is 13.0 Å². The molecule has 6 heteroatoms. The molecule has 1 aliphatic heterocycles. The van der Waals surface area contributed by atoms with Crippen LogP contribution in [0.3, 0.4) is 0 Å². The molecular weight excluding hydrogens is 226 g/mol. The number of amides is 1. The van der Waals surface area contributed by atoms with Crippen LogP contribution in [0.5, 0.6) is 17.2 Å². The minimum absolute atomic E-state index is 0.0445. The van der Waals surface area contributed by atoms with Gasteiger partial charge in [0.2, 0.25) is 12.7 Å². The molecule has 0 unspecified atom stereocenters. The van der Waals surface area contributed by atoms with E-state index in [2.05, 4.69) is 5.32 Å². The molecule has 1 N–H and O–H groups in total. The van der Waals surface area contributed by atoms with Crippen LogP contribution in [-0.4, -0.2) is 26.1 Å². The Kier molecular flexibility index (Phi) is 2.86. The van der Waals surface area contributed by atoms with Crippen molar-refractivity contribution < 1.29 is 23.8 Å². The van der Waals surface area contributed by atoms with Crippen LogP contribution in [0, 0.1) is 0 Å². The molecule has 6 nitrogen and oxygen atoms in total. The van der Waals surface area contributed by atoms with Crippen molar-refractivity contribution in [3.8, 4) is 17.2 Å². The molecule has 1 aliphatic rings. The first-order valence-electron chi connectivity index (χ1n) is 4.90. The van der Waals surface area contributed by atoms with E-state index in [1.807, 2.05) is 0 Å². The van der Waals surface area contributed by atoms with Gasteiger partial charge >= 0.3 is 0 Å². The number of fused-ring (bicyclic) bond motifs is 1. The number of hydrogen-bond donors (Lipinski definition) is 1. The van der Waals surface area contributed by atoms with Gasteiger partial charge in [0.25, 0.3) is 0 Å². The summed E-state index contributed by atoms with van der Waals surface area (Å²) in [6, 6.07) is 1.57. The zero-order chi connectivity index (χ0) is 12.4. The molecule has 0 bridgehead atoms.